The van der Waals surface area contributed by atoms with Gasteiger partial charge in [-0.05, 0) is 42.8 Å². The zero-order chi connectivity index (χ0) is 15.6. The highest BCUT2D eigenvalue weighted by molar-refractivity contribution is 7.80. The van der Waals surface area contributed by atoms with Gasteiger partial charge in [-0.2, -0.15) is 0 Å². The van der Waals surface area contributed by atoms with Crippen molar-refractivity contribution in [3.8, 4) is 0 Å². The number of halogens is 1. The summed E-state index contributed by atoms with van der Waals surface area (Å²) < 4.78 is 0. The maximum absolute atomic E-state index is 12.3. The van der Waals surface area contributed by atoms with Gasteiger partial charge in [0.1, 0.15) is 0 Å². The largest absolute Gasteiger partial charge is 0.377 e. The molecule has 0 spiro atoms. The van der Waals surface area contributed by atoms with Gasteiger partial charge in [0.2, 0.25) is 0 Å². The molecule has 3 nitrogen and oxygen atoms in total. The van der Waals surface area contributed by atoms with Crippen LogP contribution in [0.25, 0.3) is 0 Å². The molecular formula is C16H17ClN2OS. The molecule has 0 fully saturated rings. The second kappa shape index (κ2) is 6.41. The predicted octanol–water partition coefficient (Wildman–Crippen LogP) is 4.26. The van der Waals surface area contributed by atoms with Crippen LogP contribution in [-0.4, -0.2) is 20.0 Å². The summed E-state index contributed by atoms with van der Waals surface area (Å²) in [5.74, 6) is -0.246. The van der Waals surface area contributed by atoms with Crippen LogP contribution in [0, 0.1) is 6.92 Å². The second-order valence-electron chi connectivity index (χ2n) is 5.01. The average Bonchev–Trinajstić information content (AvgIpc) is 2.43. The van der Waals surface area contributed by atoms with Crippen LogP contribution in [0.3, 0.4) is 0 Å². The topological polar surface area (TPSA) is 32.3 Å². The molecule has 1 N–H and O–H groups in total. The minimum atomic E-state index is -0.246. The van der Waals surface area contributed by atoms with E-state index >= 15 is 0 Å². The Morgan fingerprint density at radius 3 is 2.57 bits per heavy atom. The molecule has 0 unspecified atom stereocenters. The fraction of sp³-hybridized carbons (Fsp3) is 0.188. The molecule has 0 saturated heterocycles. The highest BCUT2D eigenvalue weighted by Crippen LogP contribution is 2.24. The zero-order valence-electron chi connectivity index (χ0n) is 12.1. The van der Waals surface area contributed by atoms with Gasteiger partial charge in [0.25, 0.3) is 5.91 Å². The van der Waals surface area contributed by atoms with Crippen LogP contribution >= 0.6 is 24.2 Å². The number of anilines is 2. The van der Waals surface area contributed by atoms with Crippen molar-refractivity contribution in [2.75, 3.05) is 24.3 Å². The van der Waals surface area contributed by atoms with Crippen molar-refractivity contribution in [2.24, 2.45) is 0 Å². The first-order valence-corrected chi connectivity index (χ1v) is 7.29. The molecule has 2 aromatic carbocycles. The maximum Gasteiger partial charge on any atom is 0.257 e. The molecule has 0 aliphatic rings. The average molecular weight is 321 g/mol. The Balaban J connectivity index is 2.27. The van der Waals surface area contributed by atoms with Crippen LogP contribution in [0.1, 0.15) is 15.9 Å². The molecule has 2 aromatic rings. The van der Waals surface area contributed by atoms with Crippen molar-refractivity contribution in [1.29, 1.82) is 0 Å². The maximum atomic E-state index is 12.3. The zero-order valence-corrected chi connectivity index (χ0v) is 13.8. The second-order valence-corrected chi connectivity index (χ2v) is 5.94. The normalized spacial score (nSPS) is 10.3. The number of hydrogen-bond donors (Lipinski definition) is 2. The summed E-state index contributed by atoms with van der Waals surface area (Å²) in [5, 5.41) is 3.27. The van der Waals surface area contributed by atoms with E-state index in [0.717, 1.165) is 16.9 Å². The highest BCUT2D eigenvalue weighted by atomic mass is 35.5. The molecule has 0 heterocycles. The van der Waals surface area contributed by atoms with Gasteiger partial charge in [-0.25, -0.2) is 0 Å². The Labute approximate surface area is 135 Å². The predicted molar refractivity (Wildman–Crippen MR) is 92.2 cm³/mol. The monoisotopic (exact) mass is 320 g/mol. The van der Waals surface area contributed by atoms with E-state index in [-0.39, 0.29) is 5.91 Å². The van der Waals surface area contributed by atoms with E-state index in [1.165, 1.54) is 0 Å². The molecule has 21 heavy (non-hydrogen) atoms. The Hall–Kier alpha value is -1.65. The van der Waals surface area contributed by atoms with Gasteiger partial charge in [0, 0.05) is 30.4 Å². The molecule has 0 atom stereocenters. The number of nitrogens with one attached hydrogen (secondary N) is 1. The third-order valence-electron chi connectivity index (χ3n) is 3.14. The third-order valence-corrected chi connectivity index (χ3v) is 3.75. The first-order chi connectivity index (χ1) is 9.88. The lowest BCUT2D eigenvalue weighted by molar-refractivity contribution is 0.102. The molecule has 0 saturated carbocycles. The molecule has 0 aromatic heterocycles. The summed E-state index contributed by atoms with van der Waals surface area (Å²) in [7, 11) is 3.93. The van der Waals surface area contributed by atoms with Crippen molar-refractivity contribution in [2.45, 2.75) is 11.8 Å². The summed E-state index contributed by atoms with van der Waals surface area (Å²) in [6.07, 6.45) is 0. The number of nitrogens with zero attached hydrogens (tertiary/aromatic N) is 1. The van der Waals surface area contributed by atoms with Gasteiger partial charge < -0.3 is 10.2 Å². The van der Waals surface area contributed by atoms with E-state index in [1.54, 1.807) is 18.2 Å². The number of carbonyl (C=O) groups excluding carboxylic acids is 1. The van der Waals surface area contributed by atoms with E-state index < -0.39 is 0 Å². The third kappa shape index (κ3) is 3.71. The van der Waals surface area contributed by atoms with Gasteiger partial charge in [-0.3, -0.25) is 4.79 Å². The number of aryl methyl sites for hydroxylation is 1. The van der Waals surface area contributed by atoms with E-state index in [4.69, 9.17) is 11.6 Å². The van der Waals surface area contributed by atoms with Crippen LogP contribution in [-0.2, 0) is 0 Å². The molecule has 110 valence electrons. The minimum absolute atomic E-state index is 0.246. The molecule has 2 rings (SSSR count). The molecule has 5 heteroatoms. The van der Waals surface area contributed by atoms with Gasteiger partial charge in [-0.15, -0.1) is 12.6 Å². The van der Waals surface area contributed by atoms with Crippen molar-refractivity contribution in [3.05, 3.63) is 52.5 Å². The molecule has 0 aliphatic heterocycles. The Bertz CT molecular complexity index is 686. The Morgan fingerprint density at radius 1 is 1.19 bits per heavy atom. The van der Waals surface area contributed by atoms with Crippen molar-refractivity contribution < 1.29 is 4.79 Å². The number of benzene rings is 2. The fourth-order valence-corrected chi connectivity index (χ4v) is 2.46. The van der Waals surface area contributed by atoms with Crippen molar-refractivity contribution in [1.82, 2.24) is 0 Å². The number of hydrogen-bond acceptors (Lipinski definition) is 3. The van der Waals surface area contributed by atoms with Gasteiger partial charge in [-0.1, -0.05) is 17.7 Å². The lowest BCUT2D eigenvalue weighted by Crippen LogP contribution is -2.14. The molecule has 0 radical (unpaired) electrons. The Morgan fingerprint density at radius 2 is 1.90 bits per heavy atom. The van der Waals surface area contributed by atoms with Crippen LogP contribution in [0.15, 0.2) is 41.3 Å². The summed E-state index contributed by atoms with van der Waals surface area (Å²) in [4.78, 5) is 15.0. The fourth-order valence-electron chi connectivity index (χ4n) is 2.05. The molecule has 1 amide bonds. The first kappa shape index (κ1) is 15.7. The van der Waals surface area contributed by atoms with Gasteiger partial charge >= 0.3 is 0 Å². The number of carbonyl (C=O) groups is 1. The minimum Gasteiger partial charge on any atom is -0.377 e. The SMILES string of the molecule is Cc1ccc(NC(=O)c2cc(S)ccc2Cl)cc1N(C)C. The molecular weight excluding hydrogens is 304 g/mol. The van der Waals surface area contributed by atoms with E-state index in [0.29, 0.717) is 15.5 Å². The standard InChI is InChI=1S/C16H17ClN2OS/c1-10-4-5-11(8-15(10)19(2)3)18-16(20)13-9-12(21)6-7-14(13)17/h4-9,21H,1-3H3,(H,18,20). The number of thiol groups is 1. The van der Waals surface area contributed by atoms with Crippen LogP contribution in [0.2, 0.25) is 5.02 Å². The Kier molecular flexibility index (Phi) is 4.80. The lowest BCUT2D eigenvalue weighted by Gasteiger charge is -2.17. The van der Waals surface area contributed by atoms with Gasteiger partial charge in [0.15, 0.2) is 0 Å². The number of amides is 1. The summed E-state index contributed by atoms with van der Waals surface area (Å²) in [5.41, 5.74) is 3.35. The quantitative estimate of drug-likeness (QED) is 0.828. The van der Waals surface area contributed by atoms with Crippen molar-refractivity contribution >= 4 is 41.5 Å². The van der Waals surface area contributed by atoms with Crippen LogP contribution in [0.4, 0.5) is 11.4 Å². The number of rotatable bonds is 3. The first-order valence-electron chi connectivity index (χ1n) is 6.46. The summed E-state index contributed by atoms with van der Waals surface area (Å²) in [6.45, 7) is 2.03. The molecule has 0 aliphatic carbocycles. The molecule has 0 bridgehead atoms. The highest BCUT2D eigenvalue weighted by Gasteiger charge is 2.12. The smallest absolute Gasteiger partial charge is 0.257 e. The van der Waals surface area contributed by atoms with Crippen LogP contribution in [0.5, 0.6) is 0 Å². The van der Waals surface area contributed by atoms with Gasteiger partial charge in [0.05, 0.1) is 10.6 Å². The lowest BCUT2D eigenvalue weighted by atomic mass is 10.1. The summed E-state index contributed by atoms with van der Waals surface area (Å²) in [6, 6.07) is 10.9. The summed E-state index contributed by atoms with van der Waals surface area (Å²) >= 11 is 10.3. The van der Waals surface area contributed by atoms with Crippen molar-refractivity contribution in [3.63, 3.8) is 0 Å². The van der Waals surface area contributed by atoms with Crippen LogP contribution < -0.4 is 10.2 Å². The van der Waals surface area contributed by atoms with E-state index in [1.807, 2.05) is 44.1 Å². The van der Waals surface area contributed by atoms with E-state index in [2.05, 4.69) is 17.9 Å². The van der Waals surface area contributed by atoms with E-state index in [9.17, 15) is 4.79 Å².